The third-order valence-corrected chi connectivity index (χ3v) is 11.3. The van der Waals surface area contributed by atoms with Crippen molar-refractivity contribution in [2.45, 2.75) is 70.2 Å². The first-order valence-corrected chi connectivity index (χ1v) is 17.1. The monoisotopic (exact) mass is 645 g/mol. The zero-order valence-electron chi connectivity index (χ0n) is 25.9. The molecule has 3 saturated heterocycles. The van der Waals surface area contributed by atoms with Crippen molar-refractivity contribution in [2.75, 3.05) is 51.1 Å². The number of rotatable bonds is 9. The van der Waals surface area contributed by atoms with Gasteiger partial charge < -0.3 is 30.1 Å². The van der Waals surface area contributed by atoms with Gasteiger partial charge in [0.1, 0.15) is 11.6 Å². The van der Waals surface area contributed by atoms with E-state index in [0.29, 0.717) is 34.1 Å². The normalized spacial score (nSPS) is 35.2. The van der Waals surface area contributed by atoms with Crippen LogP contribution in [0.25, 0.3) is 0 Å². The van der Waals surface area contributed by atoms with Gasteiger partial charge in [-0.15, -0.1) is 0 Å². The standard InChI is InChI=1S/C33H45Cl2N5O4/c1-4-38-13-15-39(16-14-38)11-6-12-40-29(31(42)37-25-8-5-7-20(2)21(25)3)33-10-9-26(44-33)27(28(33)32(40)43)30(41)36-24-18-22(34)17-23(35)19-24/h9-10,17-21,25-29H,4-8,11-16H2,1-3H3,(H,36,41)(H,37,42)/t20-,21-,25-,26-,27-,28-,29+,33+/m1/s1. The van der Waals surface area contributed by atoms with Gasteiger partial charge in [-0.25, -0.2) is 0 Å². The molecule has 0 unspecified atom stereocenters. The first-order valence-electron chi connectivity index (χ1n) is 16.3. The number of ether oxygens (including phenoxy) is 1. The first kappa shape index (κ1) is 31.8. The summed E-state index contributed by atoms with van der Waals surface area (Å²) in [6.45, 7) is 13.1. The molecule has 4 heterocycles. The van der Waals surface area contributed by atoms with Crippen LogP contribution < -0.4 is 10.6 Å². The van der Waals surface area contributed by atoms with Crippen molar-refractivity contribution in [3.63, 3.8) is 0 Å². The maximum atomic E-state index is 14.3. The Morgan fingerprint density at radius 2 is 1.70 bits per heavy atom. The summed E-state index contributed by atoms with van der Waals surface area (Å²) in [5.41, 5.74) is -0.732. The number of likely N-dealkylation sites (N-methyl/N-ethyl adjacent to an activating group) is 1. The van der Waals surface area contributed by atoms with Gasteiger partial charge in [-0.2, -0.15) is 0 Å². The molecule has 0 radical (unpaired) electrons. The highest BCUT2D eigenvalue weighted by Crippen LogP contribution is 2.55. The minimum absolute atomic E-state index is 0.0442. The second-order valence-electron chi connectivity index (χ2n) is 13.4. The summed E-state index contributed by atoms with van der Waals surface area (Å²) in [5.74, 6) is -1.44. The Balaban J connectivity index is 1.23. The molecule has 6 rings (SSSR count). The molecule has 0 aromatic heterocycles. The zero-order valence-corrected chi connectivity index (χ0v) is 27.4. The summed E-state index contributed by atoms with van der Waals surface area (Å²) in [6.07, 6.45) is 7.01. The summed E-state index contributed by atoms with van der Waals surface area (Å²) in [5, 5.41) is 7.04. The number of hydrogen-bond acceptors (Lipinski definition) is 6. The van der Waals surface area contributed by atoms with Gasteiger partial charge in [-0.05, 0) is 56.0 Å². The van der Waals surface area contributed by atoms with E-state index in [2.05, 4.69) is 41.2 Å². The molecule has 240 valence electrons. The minimum Gasteiger partial charge on any atom is -0.359 e. The van der Waals surface area contributed by atoms with Gasteiger partial charge in [0.05, 0.1) is 17.9 Å². The molecular weight excluding hydrogens is 601 g/mol. The van der Waals surface area contributed by atoms with Crippen LogP contribution in [0.4, 0.5) is 5.69 Å². The summed E-state index contributed by atoms with van der Waals surface area (Å²) < 4.78 is 6.53. The van der Waals surface area contributed by atoms with Gasteiger partial charge in [0, 0.05) is 54.5 Å². The van der Waals surface area contributed by atoms with Gasteiger partial charge in [-0.3, -0.25) is 14.4 Å². The Kier molecular flexibility index (Phi) is 9.33. The molecular formula is C33H45Cl2N5O4. The SMILES string of the molecule is CCN1CCN(CCCN2C(=O)[C@H]3[C@H](C(=O)Nc4cc(Cl)cc(Cl)c4)[C@H]4C=C[C@@]3(O4)[C@@H]2C(=O)N[C@@H]2CCC[C@@H](C)[C@H]2C)CC1. The Hall–Kier alpha value is -2.17. The average molecular weight is 647 g/mol. The second-order valence-corrected chi connectivity index (χ2v) is 14.3. The predicted molar refractivity (Wildman–Crippen MR) is 172 cm³/mol. The smallest absolute Gasteiger partial charge is 0.246 e. The van der Waals surface area contributed by atoms with E-state index in [0.717, 1.165) is 65.0 Å². The lowest BCUT2D eigenvalue weighted by molar-refractivity contribution is -0.141. The molecule has 2 N–H and O–H groups in total. The highest BCUT2D eigenvalue weighted by molar-refractivity contribution is 6.35. The van der Waals surface area contributed by atoms with Crippen LogP contribution in [0.15, 0.2) is 30.4 Å². The number of benzene rings is 1. The molecule has 1 spiro atoms. The van der Waals surface area contributed by atoms with Crippen molar-refractivity contribution in [2.24, 2.45) is 23.7 Å². The average Bonchev–Trinajstić information content (AvgIpc) is 3.62. The number of carbonyl (C=O) groups excluding carboxylic acids is 3. The molecule has 4 aliphatic heterocycles. The fraction of sp³-hybridized carbons (Fsp3) is 0.667. The fourth-order valence-corrected chi connectivity index (χ4v) is 8.73. The second kappa shape index (κ2) is 12.9. The van der Waals surface area contributed by atoms with E-state index in [1.807, 2.05) is 12.2 Å². The molecule has 8 atom stereocenters. The van der Waals surface area contributed by atoms with E-state index in [9.17, 15) is 14.4 Å². The third-order valence-electron chi connectivity index (χ3n) is 10.9. The van der Waals surface area contributed by atoms with Gasteiger partial charge in [-0.1, -0.05) is 69.0 Å². The lowest BCUT2D eigenvalue weighted by Gasteiger charge is -2.38. The largest absolute Gasteiger partial charge is 0.359 e. The lowest BCUT2D eigenvalue weighted by atomic mass is 9.73. The van der Waals surface area contributed by atoms with Gasteiger partial charge in [0.25, 0.3) is 0 Å². The van der Waals surface area contributed by atoms with Crippen LogP contribution in [0, 0.1) is 23.7 Å². The van der Waals surface area contributed by atoms with Crippen LogP contribution in [0.1, 0.15) is 46.5 Å². The summed E-state index contributed by atoms with van der Waals surface area (Å²) in [4.78, 5) is 48.9. The molecule has 9 nitrogen and oxygen atoms in total. The summed E-state index contributed by atoms with van der Waals surface area (Å²) in [7, 11) is 0. The van der Waals surface area contributed by atoms with Crippen molar-refractivity contribution in [1.82, 2.24) is 20.0 Å². The zero-order chi connectivity index (χ0) is 31.2. The third kappa shape index (κ3) is 5.91. The number of amides is 3. The highest BCUT2D eigenvalue weighted by atomic mass is 35.5. The molecule has 1 aliphatic carbocycles. The van der Waals surface area contributed by atoms with Crippen molar-refractivity contribution in [3.8, 4) is 0 Å². The topological polar surface area (TPSA) is 94.2 Å². The Morgan fingerprint density at radius 1 is 1.00 bits per heavy atom. The van der Waals surface area contributed by atoms with Gasteiger partial charge in [0.15, 0.2) is 0 Å². The maximum absolute atomic E-state index is 14.3. The van der Waals surface area contributed by atoms with Gasteiger partial charge >= 0.3 is 0 Å². The Morgan fingerprint density at radius 3 is 2.41 bits per heavy atom. The van der Waals surface area contributed by atoms with Crippen LogP contribution in [0.3, 0.4) is 0 Å². The molecule has 4 fully saturated rings. The first-order chi connectivity index (χ1) is 21.1. The van der Waals surface area contributed by atoms with E-state index in [1.165, 1.54) is 0 Å². The number of nitrogens with zero attached hydrogens (tertiary/aromatic N) is 3. The molecule has 44 heavy (non-hydrogen) atoms. The van der Waals surface area contributed by atoms with E-state index >= 15 is 0 Å². The summed E-state index contributed by atoms with van der Waals surface area (Å²) >= 11 is 12.4. The molecule has 1 aromatic carbocycles. The number of piperazine rings is 1. The number of anilines is 1. The van der Waals surface area contributed by atoms with Crippen LogP contribution in [-0.4, -0.2) is 102 Å². The number of hydrogen-bond donors (Lipinski definition) is 2. The number of carbonyl (C=O) groups is 3. The Bertz CT molecular complexity index is 1280. The van der Waals surface area contributed by atoms with Crippen molar-refractivity contribution in [3.05, 3.63) is 40.4 Å². The van der Waals surface area contributed by atoms with E-state index in [1.54, 1.807) is 23.1 Å². The van der Waals surface area contributed by atoms with Crippen molar-refractivity contribution < 1.29 is 19.1 Å². The molecule has 5 aliphatic rings. The maximum Gasteiger partial charge on any atom is 0.246 e. The molecule has 2 bridgehead atoms. The van der Waals surface area contributed by atoms with Crippen molar-refractivity contribution >= 4 is 46.6 Å². The predicted octanol–water partition coefficient (Wildman–Crippen LogP) is 4.05. The number of halogens is 2. The molecule has 11 heteroatoms. The number of nitrogens with one attached hydrogen (secondary N) is 2. The van der Waals surface area contributed by atoms with Gasteiger partial charge in [0.2, 0.25) is 17.7 Å². The lowest BCUT2D eigenvalue weighted by Crippen LogP contribution is -2.58. The summed E-state index contributed by atoms with van der Waals surface area (Å²) in [6, 6.07) is 4.05. The van der Waals surface area contributed by atoms with Crippen molar-refractivity contribution in [1.29, 1.82) is 0 Å². The number of fused-ring (bicyclic) bond motifs is 1. The fourth-order valence-electron chi connectivity index (χ4n) is 8.20. The number of likely N-dealkylation sites (tertiary alicyclic amines) is 1. The quantitative estimate of drug-likeness (QED) is 0.394. The van der Waals surface area contributed by atoms with Crippen LogP contribution in [0.2, 0.25) is 10.0 Å². The van der Waals surface area contributed by atoms with Crippen LogP contribution in [-0.2, 0) is 19.1 Å². The minimum atomic E-state index is -1.18. The van der Waals surface area contributed by atoms with Crippen LogP contribution >= 0.6 is 23.2 Å². The Labute approximate surface area is 270 Å². The van der Waals surface area contributed by atoms with Crippen LogP contribution in [0.5, 0.6) is 0 Å². The molecule has 1 saturated carbocycles. The van der Waals surface area contributed by atoms with E-state index < -0.39 is 29.6 Å². The molecule has 1 aromatic rings. The highest BCUT2D eigenvalue weighted by Gasteiger charge is 2.72. The van der Waals surface area contributed by atoms with E-state index in [-0.39, 0.29) is 23.8 Å². The van der Waals surface area contributed by atoms with E-state index in [4.69, 9.17) is 27.9 Å². The molecule has 3 amide bonds.